The molecule has 2 aromatic rings. The van der Waals surface area contributed by atoms with Crippen molar-refractivity contribution in [3.8, 4) is 17.0 Å². The van der Waals surface area contributed by atoms with Crippen molar-refractivity contribution in [2.45, 2.75) is 33.2 Å². The summed E-state index contributed by atoms with van der Waals surface area (Å²) in [7, 11) is 1.63. The fourth-order valence-electron chi connectivity index (χ4n) is 3.61. The normalized spacial score (nSPS) is 16.7. The summed E-state index contributed by atoms with van der Waals surface area (Å²) in [6.07, 6.45) is 1.53. The first-order valence-electron chi connectivity index (χ1n) is 9.76. The molecule has 28 heavy (non-hydrogen) atoms. The Bertz CT molecular complexity index is 846. The molecule has 150 valence electrons. The Labute approximate surface area is 165 Å². The van der Waals surface area contributed by atoms with Crippen LogP contribution in [0.3, 0.4) is 0 Å². The van der Waals surface area contributed by atoms with E-state index in [-0.39, 0.29) is 17.8 Å². The zero-order valence-corrected chi connectivity index (χ0v) is 16.7. The predicted molar refractivity (Wildman–Crippen MR) is 105 cm³/mol. The lowest BCUT2D eigenvalue weighted by molar-refractivity contribution is -0.149. The molecule has 1 fully saturated rings. The van der Waals surface area contributed by atoms with Gasteiger partial charge in [-0.2, -0.15) is 5.10 Å². The van der Waals surface area contributed by atoms with Crippen LogP contribution in [0.15, 0.2) is 30.3 Å². The maximum atomic E-state index is 13.1. The number of carbonyl (C=O) groups is 2. The highest BCUT2D eigenvalue weighted by molar-refractivity contribution is 5.94. The summed E-state index contributed by atoms with van der Waals surface area (Å²) in [4.78, 5) is 26.8. The van der Waals surface area contributed by atoms with E-state index in [0.29, 0.717) is 31.9 Å². The van der Waals surface area contributed by atoms with Crippen molar-refractivity contribution in [2.75, 3.05) is 26.8 Å². The molecule has 0 spiro atoms. The van der Waals surface area contributed by atoms with Crippen molar-refractivity contribution in [1.29, 1.82) is 0 Å². The third-order valence-corrected chi connectivity index (χ3v) is 5.01. The average Bonchev–Trinajstić information content (AvgIpc) is 3.17. The van der Waals surface area contributed by atoms with Crippen molar-refractivity contribution in [3.63, 3.8) is 0 Å². The molecule has 2 heterocycles. The van der Waals surface area contributed by atoms with E-state index >= 15 is 0 Å². The Morgan fingerprint density at radius 2 is 2.04 bits per heavy atom. The molecule has 0 bridgehead atoms. The number of benzene rings is 1. The minimum absolute atomic E-state index is 0.155. The SMILES string of the molecule is CCOC(=O)C1CCCN(C(=O)c2cc(-c3ccccc3OC)n(CC)n2)C1. The number of hydrogen-bond donors (Lipinski definition) is 0. The van der Waals surface area contributed by atoms with Crippen LogP contribution in [0.1, 0.15) is 37.2 Å². The van der Waals surface area contributed by atoms with E-state index in [9.17, 15) is 9.59 Å². The lowest BCUT2D eigenvalue weighted by atomic mass is 9.98. The second-order valence-corrected chi connectivity index (χ2v) is 6.77. The molecule has 1 aromatic heterocycles. The number of amides is 1. The van der Waals surface area contributed by atoms with E-state index in [2.05, 4.69) is 5.10 Å². The summed E-state index contributed by atoms with van der Waals surface area (Å²) in [5, 5.41) is 4.52. The highest BCUT2D eigenvalue weighted by Crippen LogP contribution is 2.30. The fraction of sp³-hybridized carbons (Fsp3) is 0.476. The van der Waals surface area contributed by atoms with Crippen LogP contribution in [0.5, 0.6) is 5.75 Å². The first-order valence-corrected chi connectivity index (χ1v) is 9.76. The Hall–Kier alpha value is -2.83. The van der Waals surface area contributed by atoms with Crippen LogP contribution in [-0.4, -0.2) is 53.4 Å². The average molecular weight is 385 g/mol. The van der Waals surface area contributed by atoms with E-state index in [1.54, 1.807) is 29.7 Å². The summed E-state index contributed by atoms with van der Waals surface area (Å²) in [6, 6.07) is 9.48. The van der Waals surface area contributed by atoms with Gasteiger partial charge in [0.15, 0.2) is 5.69 Å². The van der Waals surface area contributed by atoms with Crippen LogP contribution in [-0.2, 0) is 16.1 Å². The van der Waals surface area contributed by atoms with Crippen molar-refractivity contribution in [3.05, 3.63) is 36.0 Å². The first-order chi connectivity index (χ1) is 13.6. The number of methoxy groups -OCH3 is 1. The third-order valence-electron chi connectivity index (χ3n) is 5.01. The Kier molecular flexibility index (Phi) is 6.34. The number of hydrogen-bond acceptors (Lipinski definition) is 5. The van der Waals surface area contributed by atoms with Crippen LogP contribution in [0, 0.1) is 5.92 Å². The zero-order chi connectivity index (χ0) is 20.1. The molecule has 1 aliphatic heterocycles. The molecule has 1 atom stereocenters. The lowest BCUT2D eigenvalue weighted by Crippen LogP contribution is -2.43. The van der Waals surface area contributed by atoms with Crippen molar-refractivity contribution >= 4 is 11.9 Å². The first kappa shape index (κ1) is 19.9. The molecule has 0 aliphatic carbocycles. The van der Waals surface area contributed by atoms with Crippen LogP contribution < -0.4 is 4.74 Å². The Morgan fingerprint density at radius 3 is 2.75 bits per heavy atom. The summed E-state index contributed by atoms with van der Waals surface area (Å²) in [5.74, 6) is 0.0854. The Balaban J connectivity index is 1.85. The van der Waals surface area contributed by atoms with Gasteiger partial charge in [0.05, 0.1) is 25.3 Å². The van der Waals surface area contributed by atoms with Crippen LogP contribution in [0.4, 0.5) is 0 Å². The third kappa shape index (κ3) is 4.03. The minimum atomic E-state index is -0.264. The smallest absolute Gasteiger partial charge is 0.310 e. The molecule has 1 unspecified atom stereocenters. The zero-order valence-electron chi connectivity index (χ0n) is 16.7. The standard InChI is InChI=1S/C21H27N3O4/c1-4-24-18(16-10-6-7-11-19(16)27-3)13-17(22-24)20(25)23-12-8-9-15(14-23)21(26)28-5-2/h6-7,10-11,13,15H,4-5,8-9,12,14H2,1-3H3. The molecule has 3 rings (SSSR count). The van der Waals surface area contributed by atoms with Crippen molar-refractivity contribution in [1.82, 2.24) is 14.7 Å². The number of aromatic nitrogens is 2. The van der Waals surface area contributed by atoms with Gasteiger partial charge in [0, 0.05) is 25.2 Å². The summed E-state index contributed by atoms with van der Waals surface area (Å²) in [6.45, 7) is 5.76. The van der Waals surface area contributed by atoms with Crippen LogP contribution in [0.2, 0.25) is 0 Å². The van der Waals surface area contributed by atoms with Gasteiger partial charge in [-0.05, 0) is 44.9 Å². The number of carbonyl (C=O) groups excluding carboxylic acids is 2. The van der Waals surface area contributed by atoms with Gasteiger partial charge >= 0.3 is 5.97 Å². The molecule has 0 radical (unpaired) electrons. The topological polar surface area (TPSA) is 73.7 Å². The second kappa shape index (κ2) is 8.91. The van der Waals surface area contributed by atoms with E-state index in [1.807, 2.05) is 31.2 Å². The van der Waals surface area contributed by atoms with Gasteiger partial charge in [-0.25, -0.2) is 0 Å². The lowest BCUT2D eigenvalue weighted by Gasteiger charge is -2.31. The number of rotatable bonds is 6. The second-order valence-electron chi connectivity index (χ2n) is 6.77. The van der Waals surface area contributed by atoms with E-state index in [0.717, 1.165) is 29.8 Å². The number of ether oxygens (including phenoxy) is 2. The largest absolute Gasteiger partial charge is 0.496 e. The van der Waals surface area contributed by atoms with E-state index < -0.39 is 0 Å². The quantitative estimate of drug-likeness (QED) is 0.715. The summed E-state index contributed by atoms with van der Waals surface area (Å²) >= 11 is 0. The van der Waals surface area contributed by atoms with E-state index in [1.165, 1.54) is 0 Å². The molecular weight excluding hydrogens is 358 g/mol. The molecule has 1 aliphatic rings. The minimum Gasteiger partial charge on any atom is -0.496 e. The summed E-state index contributed by atoms with van der Waals surface area (Å²) in [5.41, 5.74) is 2.11. The maximum absolute atomic E-state index is 13.1. The van der Waals surface area contributed by atoms with Gasteiger partial charge in [-0.3, -0.25) is 14.3 Å². The molecule has 0 saturated carbocycles. The molecule has 7 heteroatoms. The van der Waals surface area contributed by atoms with Crippen molar-refractivity contribution < 1.29 is 19.1 Å². The monoisotopic (exact) mass is 385 g/mol. The molecule has 0 N–H and O–H groups in total. The summed E-state index contributed by atoms with van der Waals surface area (Å²) < 4.78 is 12.4. The van der Waals surface area contributed by atoms with Gasteiger partial charge in [-0.1, -0.05) is 12.1 Å². The predicted octanol–water partition coefficient (Wildman–Crippen LogP) is 2.99. The van der Waals surface area contributed by atoms with Crippen LogP contribution in [0.25, 0.3) is 11.3 Å². The van der Waals surface area contributed by atoms with Gasteiger partial charge in [-0.15, -0.1) is 0 Å². The molecule has 7 nitrogen and oxygen atoms in total. The fourth-order valence-corrected chi connectivity index (χ4v) is 3.61. The van der Waals surface area contributed by atoms with Crippen molar-refractivity contribution in [2.24, 2.45) is 5.92 Å². The van der Waals surface area contributed by atoms with Gasteiger partial charge in [0.1, 0.15) is 5.75 Å². The number of piperidine rings is 1. The number of likely N-dealkylation sites (tertiary alicyclic amines) is 1. The van der Waals surface area contributed by atoms with Gasteiger partial charge in [0.2, 0.25) is 0 Å². The molecular formula is C21H27N3O4. The number of para-hydroxylation sites is 1. The number of esters is 1. The van der Waals surface area contributed by atoms with Gasteiger partial charge in [0.25, 0.3) is 5.91 Å². The number of aryl methyl sites for hydroxylation is 1. The molecule has 1 saturated heterocycles. The highest BCUT2D eigenvalue weighted by Gasteiger charge is 2.31. The number of nitrogens with zero attached hydrogens (tertiary/aromatic N) is 3. The van der Waals surface area contributed by atoms with Gasteiger partial charge < -0.3 is 14.4 Å². The Morgan fingerprint density at radius 1 is 1.25 bits per heavy atom. The maximum Gasteiger partial charge on any atom is 0.310 e. The van der Waals surface area contributed by atoms with E-state index in [4.69, 9.17) is 9.47 Å². The molecule has 1 aromatic carbocycles. The van der Waals surface area contributed by atoms with Crippen LogP contribution >= 0.6 is 0 Å². The highest BCUT2D eigenvalue weighted by atomic mass is 16.5. The molecule has 1 amide bonds.